The Bertz CT molecular complexity index is 754. The number of carbonyl (C=O) groups is 1. The Balaban J connectivity index is 1.52. The van der Waals surface area contributed by atoms with E-state index in [9.17, 15) is 4.79 Å². The van der Waals surface area contributed by atoms with Gasteiger partial charge in [-0.1, -0.05) is 18.2 Å². The van der Waals surface area contributed by atoms with Gasteiger partial charge in [-0.25, -0.2) is 4.98 Å². The van der Waals surface area contributed by atoms with E-state index in [1.54, 1.807) is 17.0 Å². The lowest BCUT2D eigenvalue weighted by atomic mass is 10.2. The van der Waals surface area contributed by atoms with E-state index in [1.807, 2.05) is 48.3 Å². The summed E-state index contributed by atoms with van der Waals surface area (Å²) >= 11 is 0. The highest BCUT2D eigenvalue weighted by Gasteiger charge is 2.26. The number of hydrogen-bond donors (Lipinski definition) is 1. The lowest BCUT2D eigenvalue weighted by Gasteiger charge is -2.22. The smallest absolute Gasteiger partial charge is 0.242 e. The van der Waals surface area contributed by atoms with E-state index < -0.39 is 0 Å². The number of pyridine rings is 1. The first-order chi connectivity index (χ1) is 12.2. The van der Waals surface area contributed by atoms with Gasteiger partial charge in [0.1, 0.15) is 11.9 Å². The number of aromatic nitrogens is 1. The molecule has 6 nitrogen and oxygen atoms in total. The number of anilines is 2. The van der Waals surface area contributed by atoms with Gasteiger partial charge in [-0.2, -0.15) is 5.26 Å². The molecule has 1 N–H and O–H groups in total. The van der Waals surface area contributed by atoms with Crippen LogP contribution in [-0.2, 0) is 4.79 Å². The SMILES string of the molecule is CN(CC(=O)N1CC[C@@H](Nc2ccccc2)C1)c1ccc(C#N)cn1. The lowest BCUT2D eigenvalue weighted by molar-refractivity contribution is -0.128. The van der Waals surface area contributed by atoms with Gasteiger partial charge in [-0.15, -0.1) is 0 Å². The topological polar surface area (TPSA) is 72.3 Å². The molecule has 0 unspecified atom stereocenters. The number of benzene rings is 1. The molecule has 0 saturated carbocycles. The van der Waals surface area contributed by atoms with Crippen molar-refractivity contribution in [3.05, 3.63) is 54.2 Å². The van der Waals surface area contributed by atoms with Crippen molar-refractivity contribution in [3.63, 3.8) is 0 Å². The molecule has 0 radical (unpaired) electrons. The lowest BCUT2D eigenvalue weighted by Crippen LogP contribution is -2.39. The van der Waals surface area contributed by atoms with E-state index in [0.717, 1.165) is 18.7 Å². The third kappa shape index (κ3) is 4.27. The summed E-state index contributed by atoms with van der Waals surface area (Å²) in [5.41, 5.74) is 1.60. The molecule has 1 aromatic heterocycles. The number of carbonyl (C=O) groups excluding carboxylic acids is 1. The standard InChI is InChI=1S/C19H21N5O/c1-23(18-8-7-15(11-20)12-21-18)14-19(25)24-10-9-17(13-24)22-16-5-3-2-4-6-16/h2-8,12,17,22H,9-10,13-14H2,1H3/t17-/m1/s1. The van der Waals surface area contributed by atoms with Gasteiger partial charge in [0.25, 0.3) is 0 Å². The number of para-hydroxylation sites is 1. The maximum atomic E-state index is 12.5. The largest absolute Gasteiger partial charge is 0.380 e. The Morgan fingerprint density at radius 2 is 2.16 bits per heavy atom. The summed E-state index contributed by atoms with van der Waals surface area (Å²) in [7, 11) is 1.84. The van der Waals surface area contributed by atoms with E-state index in [1.165, 1.54) is 6.20 Å². The first kappa shape index (κ1) is 16.8. The Kier molecular flexibility index (Phi) is 5.14. The highest BCUT2D eigenvalue weighted by atomic mass is 16.2. The number of nitrogens with one attached hydrogen (secondary N) is 1. The fourth-order valence-electron chi connectivity index (χ4n) is 2.94. The minimum atomic E-state index is 0.0889. The van der Waals surface area contributed by atoms with Crippen molar-refractivity contribution < 1.29 is 4.79 Å². The number of rotatable bonds is 5. The van der Waals surface area contributed by atoms with Crippen molar-refractivity contribution in [3.8, 4) is 6.07 Å². The van der Waals surface area contributed by atoms with Gasteiger partial charge in [-0.05, 0) is 30.7 Å². The summed E-state index contributed by atoms with van der Waals surface area (Å²) in [5.74, 6) is 0.775. The second-order valence-electron chi connectivity index (χ2n) is 6.21. The van der Waals surface area contributed by atoms with Gasteiger partial charge < -0.3 is 15.1 Å². The summed E-state index contributed by atoms with van der Waals surface area (Å²) in [5, 5.41) is 12.3. The van der Waals surface area contributed by atoms with Gasteiger partial charge in [0.2, 0.25) is 5.91 Å². The van der Waals surface area contributed by atoms with Crippen LogP contribution in [0, 0.1) is 11.3 Å². The van der Waals surface area contributed by atoms with Gasteiger partial charge in [0.15, 0.2) is 0 Å². The third-order valence-corrected chi connectivity index (χ3v) is 4.33. The van der Waals surface area contributed by atoms with Crippen LogP contribution >= 0.6 is 0 Å². The van der Waals surface area contributed by atoms with Crippen LogP contribution in [0.25, 0.3) is 0 Å². The minimum absolute atomic E-state index is 0.0889. The predicted octanol–water partition coefficient (Wildman–Crippen LogP) is 2.10. The van der Waals surface area contributed by atoms with Crippen LogP contribution in [0.5, 0.6) is 0 Å². The molecular formula is C19H21N5O. The summed E-state index contributed by atoms with van der Waals surface area (Å²) in [6.07, 6.45) is 2.46. The monoisotopic (exact) mass is 335 g/mol. The van der Waals surface area contributed by atoms with E-state index in [2.05, 4.69) is 10.3 Å². The molecular weight excluding hydrogens is 314 g/mol. The molecule has 0 bridgehead atoms. The van der Waals surface area contributed by atoms with E-state index in [0.29, 0.717) is 17.9 Å². The molecule has 25 heavy (non-hydrogen) atoms. The molecule has 1 aromatic carbocycles. The van der Waals surface area contributed by atoms with Crippen LogP contribution < -0.4 is 10.2 Å². The normalized spacial score (nSPS) is 16.3. The van der Waals surface area contributed by atoms with Crippen molar-refractivity contribution in [2.45, 2.75) is 12.5 Å². The summed E-state index contributed by atoms with van der Waals surface area (Å²) < 4.78 is 0. The molecule has 3 rings (SSSR count). The van der Waals surface area contributed by atoms with Crippen LogP contribution in [0.1, 0.15) is 12.0 Å². The number of likely N-dealkylation sites (tertiary alicyclic amines) is 1. The number of amides is 1. The highest BCUT2D eigenvalue weighted by molar-refractivity contribution is 5.81. The minimum Gasteiger partial charge on any atom is -0.380 e. The van der Waals surface area contributed by atoms with Crippen molar-refractivity contribution in [1.29, 1.82) is 5.26 Å². The molecule has 1 saturated heterocycles. The van der Waals surface area contributed by atoms with Crippen molar-refractivity contribution in [2.24, 2.45) is 0 Å². The fraction of sp³-hybridized carbons (Fsp3) is 0.316. The molecule has 1 atom stereocenters. The average Bonchev–Trinajstić information content (AvgIpc) is 3.11. The van der Waals surface area contributed by atoms with E-state index in [-0.39, 0.29) is 18.5 Å². The van der Waals surface area contributed by atoms with Crippen LogP contribution in [0.15, 0.2) is 48.7 Å². The van der Waals surface area contributed by atoms with Crippen molar-refractivity contribution in [1.82, 2.24) is 9.88 Å². The molecule has 0 aliphatic carbocycles. The van der Waals surface area contributed by atoms with Crippen LogP contribution in [-0.4, -0.2) is 48.5 Å². The first-order valence-electron chi connectivity index (χ1n) is 8.32. The molecule has 1 fully saturated rings. The Morgan fingerprint density at radius 1 is 1.36 bits per heavy atom. The number of nitrogens with zero attached hydrogens (tertiary/aromatic N) is 4. The van der Waals surface area contributed by atoms with E-state index in [4.69, 9.17) is 5.26 Å². The molecule has 0 spiro atoms. The fourth-order valence-corrected chi connectivity index (χ4v) is 2.94. The molecule has 128 valence electrons. The highest BCUT2D eigenvalue weighted by Crippen LogP contribution is 2.16. The van der Waals surface area contributed by atoms with Gasteiger partial charge >= 0.3 is 0 Å². The zero-order valence-electron chi connectivity index (χ0n) is 14.2. The molecule has 2 aromatic rings. The van der Waals surface area contributed by atoms with Gasteiger partial charge in [0, 0.05) is 38.1 Å². The average molecular weight is 335 g/mol. The third-order valence-electron chi connectivity index (χ3n) is 4.33. The van der Waals surface area contributed by atoms with Crippen LogP contribution in [0.3, 0.4) is 0 Å². The predicted molar refractivity (Wildman–Crippen MR) is 97.3 cm³/mol. The molecule has 1 aliphatic rings. The quantitative estimate of drug-likeness (QED) is 0.906. The Labute approximate surface area is 147 Å². The zero-order chi connectivity index (χ0) is 17.6. The summed E-state index contributed by atoms with van der Waals surface area (Å²) in [6.45, 7) is 1.75. The van der Waals surface area contributed by atoms with Crippen LogP contribution in [0.2, 0.25) is 0 Å². The number of nitriles is 1. The Morgan fingerprint density at radius 3 is 2.84 bits per heavy atom. The molecule has 6 heteroatoms. The second kappa shape index (κ2) is 7.67. The summed E-state index contributed by atoms with van der Waals surface area (Å²) in [4.78, 5) is 20.4. The molecule has 1 aliphatic heterocycles. The van der Waals surface area contributed by atoms with E-state index >= 15 is 0 Å². The van der Waals surface area contributed by atoms with Crippen molar-refractivity contribution >= 4 is 17.4 Å². The van der Waals surface area contributed by atoms with Crippen LogP contribution in [0.4, 0.5) is 11.5 Å². The van der Waals surface area contributed by atoms with Gasteiger partial charge in [-0.3, -0.25) is 4.79 Å². The van der Waals surface area contributed by atoms with Crippen molar-refractivity contribution in [2.75, 3.05) is 36.9 Å². The van der Waals surface area contributed by atoms with Gasteiger partial charge in [0.05, 0.1) is 12.1 Å². The first-order valence-corrected chi connectivity index (χ1v) is 8.32. The number of hydrogen-bond acceptors (Lipinski definition) is 5. The molecule has 2 heterocycles. The molecule has 1 amide bonds. The Hall–Kier alpha value is -3.07. The second-order valence-corrected chi connectivity index (χ2v) is 6.21. The maximum absolute atomic E-state index is 12.5. The zero-order valence-corrected chi connectivity index (χ0v) is 14.2. The number of likely N-dealkylation sites (N-methyl/N-ethyl adjacent to an activating group) is 1. The summed E-state index contributed by atoms with van der Waals surface area (Å²) in [6, 6.07) is 15.9. The maximum Gasteiger partial charge on any atom is 0.242 e.